The third-order valence-electron chi connectivity index (χ3n) is 5.38. The number of ether oxygens (including phenoxy) is 4. The van der Waals surface area contributed by atoms with Crippen LogP contribution in [0.3, 0.4) is 0 Å². The van der Waals surface area contributed by atoms with E-state index in [4.69, 9.17) is 18.9 Å². The zero-order chi connectivity index (χ0) is 26.7. The molecule has 0 N–H and O–H groups in total. The van der Waals surface area contributed by atoms with Gasteiger partial charge in [-0.05, 0) is 83.9 Å². The van der Waals surface area contributed by atoms with Crippen LogP contribution in [0.4, 0.5) is 0 Å². The van der Waals surface area contributed by atoms with Crippen LogP contribution in [0.15, 0.2) is 122 Å². The summed E-state index contributed by atoms with van der Waals surface area (Å²) in [6.45, 7) is 8.00. The van der Waals surface area contributed by atoms with Gasteiger partial charge in [0.15, 0.2) is 0 Å². The molecule has 0 fully saturated rings. The van der Waals surface area contributed by atoms with E-state index < -0.39 is 11.9 Å². The molecule has 0 aliphatic heterocycles. The second-order valence-corrected chi connectivity index (χ2v) is 8.08. The van der Waals surface area contributed by atoms with Gasteiger partial charge in [-0.15, -0.1) is 0 Å². The van der Waals surface area contributed by atoms with E-state index in [-0.39, 0.29) is 0 Å². The fourth-order valence-corrected chi connectivity index (χ4v) is 3.45. The van der Waals surface area contributed by atoms with Gasteiger partial charge in [0.05, 0.1) is 11.1 Å². The zero-order valence-electron chi connectivity index (χ0n) is 20.7. The first-order valence-electron chi connectivity index (χ1n) is 11.9. The number of hydrogen-bond donors (Lipinski definition) is 0. The predicted molar refractivity (Wildman–Crippen MR) is 146 cm³/mol. The standard InChI is InChI=1S/C32H26O6/c1-3-21-35-27-13-9-25(10-14-27)31(33)37-29-17-5-23(6-18-29)24-7-19-30(20-8-24)38-32(34)26-11-15-28(16-12-26)36-22-4-2/h3-20H,1-2,21-22H2. The van der Waals surface area contributed by atoms with Gasteiger partial charge >= 0.3 is 11.9 Å². The summed E-state index contributed by atoms with van der Waals surface area (Å²) in [6.07, 6.45) is 3.30. The van der Waals surface area contributed by atoms with Crippen LogP contribution in [0.1, 0.15) is 20.7 Å². The number of esters is 2. The lowest BCUT2D eigenvalue weighted by atomic mass is 10.1. The molecule has 0 radical (unpaired) electrons. The molecule has 4 rings (SSSR count). The third-order valence-corrected chi connectivity index (χ3v) is 5.38. The Kier molecular flexibility index (Phi) is 8.71. The van der Waals surface area contributed by atoms with Crippen molar-refractivity contribution in [2.75, 3.05) is 13.2 Å². The summed E-state index contributed by atoms with van der Waals surface area (Å²) in [4.78, 5) is 24.9. The topological polar surface area (TPSA) is 71.1 Å². The van der Waals surface area contributed by atoms with Crippen molar-refractivity contribution in [2.24, 2.45) is 0 Å². The average Bonchev–Trinajstić information content (AvgIpc) is 2.96. The summed E-state index contributed by atoms with van der Waals surface area (Å²) in [5, 5.41) is 0. The Morgan fingerprint density at radius 1 is 0.500 bits per heavy atom. The highest BCUT2D eigenvalue weighted by Crippen LogP contribution is 2.26. The largest absolute Gasteiger partial charge is 0.490 e. The highest BCUT2D eigenvalue weighted by atomic mass is 16.5. The van der Waals surface area contributed by atoms with Crippen molar-refractivity contribution in [3.8, 4) is 34.1 Å². The molecule has 38 heavy (non-hydrogen) atoms. The first-order chi connectivity index (χ1) is 18.6. The van der Waals surface area contributed by atoms with Crippen molar-refractivity contribution in [3.63, 3.8) is 0 Å². The van der Waals surface area contributed by atoms with E-state index in [0.29, 0.717) is 47.3 Å². The molecule has 0 unspecified atom stereocenters. The van der Waals surface area contributed by atoms with Crippen LogP contribution in [0.2, 0.25) is 0 Å². The molecule has 0 saturated heterocycles. The fraction of sp³-hybridized carbons (Fsp3) is 0.0625. The first kappa shape index (κ1) is 26.0. The molecule has 4 aromatic rings. The van der Waals surface area contributed by atoms with Crippen LogP contribution in [-0.2, 0) is 0 Å². The number of benzene rings is 4. The fourth-order valence-electron chi connectivity index (χ4n) is 3.45. The maximum atomic E-state index is 12.5. The minimum atomic E-state index is -0.460. The van der Waals surface area contributed by atoms with Crippen molar-refractivity contribution >= 4 is 11.9 Å². The van der Waals surface area contributed by atoms with Gasteiger partial charge in [0.1, 0.15) is 36.2 Å². The van der Waals surface area contributed by atoms with E-state index >= 15 is 0 Å². The van der Waals surface area contributed by atoms with Crippen LogP contribution in [0, 0.1) is 0 Å². The minimum absolute atomic E-state index is 0.394. The summed E-state index contributed by atoms with van der Waals surface area (Å²) in [6, 6.07) is 27.8. The SMILES string of the molecule is C=CCOc1ccc(C(=O)Oc2ccc(-c3ccc(OC(=O)c4ccc(OCC=C)cc4)cc3)cc2)cc1. The molecule has 0 amide bonds. The molecular weight excluding hydrogens is 480 g/mol. The lowest BCUT2D eigenvalue weighted by Crippen LogP contribution is -2.08. The van der Waals surface area contributed by atoms with E-state index in [9.17, 15) is 9.59 Å². The lowest BCUT2D eigenvalue weighted by Gasteiger charge is -2.09. The summed E-state index contributed by atoms with van der Waals surface area (Å²) < 4.78 is 21.8. The van der Waals surface area contributed by atoms with Gasteiger partial charge < -0.3 is 18.9 Å². The second-order valence-electron chi connectivity index (χ2n) is 8.08. The molecule has 0 aliphatic rings. The Labute approximate surface area is 221 Å². The number of carbonyl (C=O) groups excluding carboxylic acids is 2. The molecule has 0 spiro atoms. The predicted octanol–water partition coefficient (Wildman–Crippen LogP) is 6.92. The Hall–Kier alpha value is -5.10. The lowest BCUT2D eigenvalue weighted by molar-refractivity contribution is 0.0725. The highest BCUT2D eigenvalue weighted by molar-refractivity contribution is 5.92. The molecule has 0 heterocycles. The molecular formula is C32H26O6. The molecule has 0 aliphatic carbocycles. The number of hydrogen-bond acceptors (Lipinski definition) is 6. The van der Waals surface area contributed by atoms with Gasteiger partial charge in [-0.25, -0.2) is 9.59 Å². The van der Waals surface area contributed by atoms with E-state index in [1.54, 1.807) is 84.9 Å². The molecule has 0 saturated carbocycles. The van der Waals surface area contributed by atoms with Gasteiger partial charge in [-0.1, -0.05) is 49.6 Å². The third kappa shape index (κ3) is 6.98. The zero-order valence-corrected chi connectivity index (χ0v) is 20.7. The van der Waals surface area contributed by atoms with E-state index in [2.05, 4.69) is 13.2 Å². The van der Waals surface area contributed by atoms with E-state index in [0.717, 1.165) is 11.1 Å². The highest BCUT2D eigenvalue weighted by Gasteiger charge is 2.11. The van der Waals surface area contributed by atoms with Crippen molar-refractivity contribution in [2.45, 2.75) is 0 Å². The summed E-state index contributed by atoms with van der Waals surface area (Å²) in [5.74, 6) is 1.23. The Morgan fingerprint density at radius 3 is 1.13 bits per heavy atom. The van der Waals surface area contributed by atoms with Gasteiger partial charge in [0.25, 0.3) is 0 Å². The van der Waals surface area contributed by atoms with Crippen LogP contribution in [-0.4, -0.2) is 25.2 Å². The molecule has 6 heteroatoms. The van der Waals surface area contributed by atoms with Gasteiger partial charge in [0, 0.05) is 0 Å². The summed E-state index contributed by atoms with van der Waals surface area (Å²) in [5.41, 5.74) is 2.67. The van der Waals surface area contributed by atoms with Crippen LogP contribution >= 0.6 is 0 Å². The number of rotatable bonds is 11. The Bertz CT molecular complexity index is 1280. The smallest absolute Gasteiger partial charge is 0.343 e. The van der Waals surface area contributed by atoms with Crippen molar-refractivity contribution in [3.05, 3.63) is 133 Å². The molecule has 4 aromatic carbocycles. The van der Waals surface area contributed by atoms with Gasteiger partial charge in [-0.2, -0.15) is 0 Å². The maximum Gasteiger partial charge on any atom is 0.343 e. The Balaban J connectivity index is 1.33. The van der Waals surface area contributed by atoms with Crippen LogP contribution < -0.4 is 18.9 Å². The maximum absolute atomic E-state index is 12.5. The summed E-state index contributed by atoms with van der Waals surface area (Å²) >= 11 is 0. The molecule has 190 valence electrons. The van der Waals surface area contributed by atoms with Crippen LogP contribution in [0.25, 0.3) is 11.1 Å². The molecule has 0 atom stereocenters. The number of carbonyl (C=O) groups is 2. The molecule has 0 bridgehead atoms. The first-order valence-corrected chi connectivity index (χ1v) is 11.9. The summed E-state index contributed by atoms with van der Waals surface area (Å²) in [7, 11) is 0. The van der Waals surface area contributed by atoms with Crippen LogP contribution in [0.5, 0.6) is 23.0 Å². The van der Waals surface area contributed by atoms with Crippen molar-refractivity contribution in [1.29, 1.82) is 0 Å². The van der Waals surface area contributed by atoms with E-state index in [1.807, 2.05) is 24.3 Å². The van der Waals surface area contributed by atoms with E-state index in [1.165, 1.54) is 0 Å². The molecule has 6 nitrogen and oxygen atoms in total. The second kappa shape index (κ2) is 12.7. The van der Waals surface area contributed by atoms with Crippen molar-refractivity contribution < 1.29 is 28.5 Å². The monoisotopic (exact) mass is 506 g/mol. The minimum Gasteiger partial charge on any atom is -0.490 e. The quantitative estimate of drug-likeness (QED) is 0.125. The molecule has 0 aromatic heterocycles. The van der Waals surface area contributed by atoms with Gasteiger partial charge in [0.2, 0.25) is 0 Å². The normalized spacial score (nSPS) is 10.2. The van der Waals surface area contributed by atoms with Crippen molar-refractivity contribution in [1.82, 2.24) is 0 Å². The Morgan fingerprint density at radius 2 is 0.816 bits per heavy atom. The average molecular weight is 507 g/mol. The van der Waals surface area contributed by atoms with Gasteiger partial charge in [-0.3, -0.25) is 0 Å².